The van der Waals surface area contributed by atoms with E-state index in [1.807, 2.05) is 37.2 Å². The Hall–Kier alpha value is -1.40. The molecule has 1 aromatic rings. The second kappa shape index (κ2) is 6.24. The maximum absolute atomic E-state index is 13.0. The summed E-state index contributed by atoms with van der Waals surface area (Å²) in [6.45, 7) is 0.624. The number of sulfone groups is 1. The smallest absolute Gasteiger partial charge is 0.231 e. The number of hydrogen-bond acceptors (Lipinski definition) is 4. The van der Waals surface area contributed by atoms with Crippen LogP contribution in [0.1, 0.15) is 18.4 Å². The number of carbonyl (C=O) groups excluding carboxylic acids is 1. The highest BCUT2D eigenvalue weighted by Crippen LogP contribution is 2.30. The van der Waals surface area contributed by atoms with E-state index in [2.05, 4.69) is 11.0 Å². The summed E-state index contributed by atoms with van der Waals surface area (Å²) in [5.41, 5.74) is 2.12. The van der Waals surface area contributed by atoms with Gasteiger partial charge in [0.2, 0.25) is 5.91 Å². The van der Waals surface area contributed by atoms with Gasteiger partial charge in [0.25, 0.3) is 0 Å². The van der Waals surface area contributed by atoms with Crippen LogP contribution in [0.15, 0.2) is 24.3 Å². The summed E-state index contributed by atoms with van der Waals surface area (Å²) >= 11 is 0. The number of amides is 1. The van der Waals surface area contributed by atoms with E-state index in [9.17, 15) is 13.2 Å². The van der Waals surface area contributed by atoms with E-state index in [0.717, 1.165) is 18.5 Å². The van der Waals surface area contributed by atoms with E-state index in [-0.39, 0.29) is 23.5 Å². The minimum Gasteiger partial charge on any atom is -0.310 e. The first-order valence-electron chi connectivity index (χ1n) is 8.13. The Kier molecular flexibility index (Phi) is 4.47. The molecule has 0 radical (unpaired) electrons. The SMILES string of the molecule is CN(C)C1CCc2ccccc2N(C(=O)C2CCS(=O)(=O)C2)C1. The van der Waals surface area contributed by atoms with Gasteiger partial charge < -0.3 is 9.80 Å². The highest BCUT2D eigenvalue weighted by atomic mass is 32.2. The lowest BCUT2D eigenvalue weighted by atomic mass is 10.1. The van der Waals surface area contributed by atoms with Crippen molar-refractivity contribution in [3.05, 3.63) is 29.8 Å². The van der Waals surface area contributed by atoms with Crippen LogP contribution in [-0.4, -0.2) is 57.4 Å². The van der Waals surface area contributed by atoms with E-state index >= 15 is 0 Å². The van der Waals surface area contributed by atoms with E-state index in [1.54, 1.807) is 0 Å². The minimum absolute atomic E-state index is 0.00285. The van der Waals surface area contributed by atoms with Gasteiger partial charge in [-0.15, -0.1) is 0 Å². The zero-order chi connectivity index (χ0) is 16.6. The monoisotopic (exact) mass is 336 g/mol. The van der Waals surface area contributed by atoms with Crippen molar-refractivity contribution >= 4 is 21.4 Å². The van der Waals surface area contributed by atoms with Gasteiger partial charge >= 0.3 is 0 Å². The average Bonchev–Trinajstić information content (AvgIpc) is 2.76. The molecule has 1 amide bonds. The van der Waals surface area contributed by atoms with E-state index in [1.165, 1.54) is 5.56 Å². The van der Waals surface area contributed by atoms with Crippen LogP contribution in [-0.2, 0) is 21.1 Å². The summed E-state index contributed by atoms with van der Waals surface area (Å²) < 4.78 is 23.5. The minimum atomic E-state index is -3.05. The van der Waals surface area contributed by atoms with E-state index in [4.69, 9.17) is 0 Å². The summed E-state index contributed by atoms with van der Waals surface area (Å²) in [4.78, 5) is 17.0. The molecule has 2 heterocycles. The molecule has 0 N–H and O–H groups in total. The molecule has 2 unspecified atom stereocenters. The number of carbonyl (C=O) groups is 1. The van der Waals surface area contributed by atoms with Crippen molar-refractivity contribution in [3.63, 3.8) is 0 Å². The third kappa shape index (κ3) is 3.43. The summed E-state index contributed by atoms with van der Waals surface area (Å²) in [5, 5.41) is 0. The predicted molar refractivity (Wildman–Crippen MR) is 91.4 cm³/mol. The fraction of sp³-hybridized carbons (Fsp3) is 0.588. The maximum atomic E-state index is 13.0. The van der Waals surface area contributed by atoms with Gasteiger partial charge in [-0.1, -0.05) is 18.2 Å². The van der Waals surface area contributed by atoms with Gasteiger partial charge in [-0.2, -0.15) is 0 Å². The van der Waals surface area contributed by atoms with Gasteiger partial charge in [0, 0.05) is 18.3 Å². The zero-order valence-electron chi connectivity index (χ0n) is 13.7. The largest absolute Gasteiger partial charge is 0.310 e. The second-order valence-electron chi connectivity index (χ2n) is 6.83. The Morgan fingerprint density at radius 2 is 1.96 bits per heavy atom. The lowest BCUT2D eigenvalue weighted by Gasteiger charge is -2.30. The normalized spacial score (nSPS) is 26.8. The van der Waals surface area contributed by atoms with Gasteiger partial charge in [-0.05, 0) is 45.0 Å². The van der Waals surface area contributed by atoms with Crippen LogP contribution in [0.3, 0.4) is 0 Å². The fourth-order valence-electron chi connectivity index (χ4n) is 3.55. The summed E-state index contributed by atoms with van der Waals surface area (Å²) in [6.07, 6.45) is 2.38. The summed E-state index contributed by atoms with van der Waals surface area (Å²) in [6, 6.07) is 8.27. The molecule has 23 heavy (non-hydrogen) atoms. The third-order valence-electron chi connectivity index (χ3n) is 5.00. The number of rotatable bonds is 2. The number of aryl methyl sites for hydroxylation is 1. The molecule has 0 bridgehead atoms. The van der Waals surface area contributed by atoms with Gasteiger partial charge in [-0.25, -0.2) is 8.42 Å². The molecule has 6 heteroatoms. The first-order chi connectivity index (χ1) is 10.9. The molecule has 1 fully saturated rings. The summed E-state index contributed by atoms with van der Waals surface area (Å²) in [7, 11) is 1.01. The average molecular weight is 336 g/mol. The Labute approximate surface area is 138 Å². The Bertz CT molecular complexity index is 700. The number of anilines is 1. The maximum Gasteiger partial charge on any atom is 0.231 e. The van der Waals surface area contributed by atoms with Crippen LogP contribution in [0, 0.1) is 5.92 Å². The standard InChI is InChI=1S/C17H24N2O3S/c1-18(2)15-8-7-13-5-3-4-6-16(13)19(11-15)17(20)14-9-10-23(21,22)12-14/h3-6,14-15H,7-12H2,1-2H3. The van der Waals surface area contributed by atoms with Crippen LogP contribution in [0.2, 0.25) is 0 Å². The molecule has 2 aliphatic heterocycles. The number of nitrogens with zero attached hydrogens (tertiary/aromatic N) is 2. The Balaban J connectivity index is 1.92. The van der Waals surface area contributed by atoms with Crippen LogP contribution in [0.25, 0.3) is 0 Å². The Morgan fingerprint density at radius 3 is 2.61 bits per heavy atom. The molecule has 0 aliphatic carbocycles. The number of fused-ring (bicyclic) bond motifs is 1. The zero-order valence-corrected chi connectivity index (χ0v) is 14.6. The van der Waals surface area contributed by atoms with Crippen molar-refractivity contribution in [2.45, 2.75) is 25.3 Å². The van der Waals surface area contributed by atoms with Gasteiger partial charge in [0.05, 0.1) is 17.4 Å². The molecular formula is C17H24N2O3S. The first kappa shape index (κ1) is 16.5. The van der Waals surface area contributed by atoms with Gasteiger partial charge in [-0.3, -0.25) is 4.79 Å². The van der Waals surface area contributed by atoms with E-state index in [0.29, 0.717) is 13.0 Å². The molecule has 2 aliphatic rings. The lowest BCUT2D eigenvalue weighted by Crippen LogP contribution is -2.45. The highest BCUT2D eigenvalue weighted by Gasteiger charge is 2.37. The topological polar surface area (TPSA) is 57.7 Å². The molecule has 1 saturated heterocycles. The van der Waals surface area contributed by atoms with E-state index < -0.39 is 15.8 Å². The predicted octanol–water partition coefficient (Wildman–Crippen LogP) is 1.33. The summed E-state index contributed by atoms with van der Waals surface area (Å²) in [5.74, 6) is -0.297. The molecule has 0 aromatic heterocycles. The van der Waals surface area contributed by atoms with Crippen molar-refractivity contribution in [1.29, 1.82) is 0 Å². The van der Waals surface area contributed by atoms with Crippen LogP contribution in [0.5, 0.6) is 0 Å². The molecule has 0 spiro atoms. The van der Waals surface area contributed by atoms with Crippen molar-refractivity contribution in [2.24, 2.45) is 5.92 Å². The van der Waals surface area contributed by atoms with Crippen molar-refractivity contribution < 1.29 is 13.2 Å². The molecular weight excluding hydrogens is 312 g/mol. The number of hydrogen-bond donors (Lipinski definition) is 0. The van der Waals surface area contributed by atoms with Crippen molar-refractivity contribution in [1.82, 2.24) is 4.90 Å². The van der Waals surface area contributed by atoms with Crippen LogP contribution in [0.4, 0.5) is 5.69 Å². The number of para-hydroxylation sites is 1. The molecule has 126 valence electrons. The van der Waals surface area contributed by atoms with Gasteiger partial charge in [0.15, 0.2) is 9.84 Å². The quantitative estimate of drug-likeness (QED) is 0.818. The first-order valence-corrected chi connectivity index (χ1v) is 9.95. The van der Waals surface area contributed by atoms with Crippen molar-refractivity contribution in [2.75, 3.05) is 37.0 Å². The Morgan fingerprint density at radius 1 is 1.22 bits per heavy atom. The van der Waals surface area contributed by atoms with Crippen LogP contribution < -0.4 is 4.90 Å². The molecule has 3 rings (SSSR count). The fourth-order valence-corrected chi connectivity index (χ4v) is 5.28. The number of likely N-dealkylation sites (N-methyl/N-ethyl adjacent to an activating group) is 1. The molecule has 0 saturated carbocycles. The lowest BCUT2D eigenvalue weighted by molar-refractivity contribution is -0.121. The second-order valence-corrected chi connectivity index (χ2v) is 9.06. The van der Waals surface area contributed by atoms with Crippen LogP contribution >= 0.6 is 0 Å². The van der Waals surface area contributed by atoms with Crippen molar-refractivity contribution in [3.8, 4) is 0 Å². The number of benzene rings is 1. The molecule has 2 atom stereocenters. The molecule has 1 aromatic carbocycles. The van der Waals surface area contributed by atoms with Gasteiger partial charge in [0.1, 0.15) is 0 Å². The third-order valence-corrected chi connectivity index (χ3v) is 6.77. The molecule has 5 nitrogen and oxygen atoms in total. The highest BCUT2D eigenvalue weighted by molar-refractivity contribution is 7.91.